The molecule has 0 aliphatic carbocycles. The van der Waals surface area contributed by atoms with Gasteiger partial charge in [-0.15, -0.1) is 0 Å². The van der Waals surface area contributed by atoms with Gasteiger partial charge in [0.25, 0.3) is 0 Å². The summed E-state index contributed by atoms with van der Waals surface area (Å²) in [5, 5.41) is 8.32. The van der Waals surface area contributed by atoms with Crippen LogP contribution in [0.15, 0.2) is 71.9 Å². The molecule has 0 fully saturated rings. The number of anilines is 1. The predicted octanol–water partition coefficient (Wildman–Crippen LogP) is 4.56. The maximum Gasteiger partial charge on any atom is 0.224 e. The molecule has 0 amide bonds. The molecule has 1 aliphatic heterocycles. The van der Waals surface area contributed by atoms with Gasteiger partial charge in [0.05, 0.1) is 6.04 Å². The third-order valence-electron chi connectivity index (χ3n) is 4.67. The van der Waals surface area contributed by atoms with Crippen molar-refractivity contribution in [3.05, 3.63) is 83.9 Å². The molecule has 0 bridgehead atoms. The monoisotopic (exact) mass is 389 g/mol. The van der Waals surface area contributed by atoms with Crippen LogP contribution in [0.25, 0.3) is 0 Å². The fraction of sp³-hybridized carbons (Fsp3) is 0.136. The second-order valence-corrected chi connectivity index (χ2v) is 6.78. The first kappa shape index (κ1) is 18.6. The number of amidine groups is 1. The number of halogens is 1. The van der Waals surface area contributed by atoms with Crippen LogP contribution in [-0.2, 0) is 0 Å². The number of aromatic nitrogens is 1. The van der Waals surface area contributed by atoms with Crippen molar-refractivity contribution in [3.8, 4) is 11.5 Å². The zero-order valence-corrected chi connectivity index (χ0v) is 15.8. The minimum absolute atomic E-state index is 0.0274. The van der Waals surface area contributed by atoms with Gasteiger partial charge in [-0.1, -0.05) is 30.3 Å². The predicted molar refractivity (Wildman–Crippen MR) is 111 cm³/mol. The summed E-state index contributed by atoms with van der Waals surface area (Å²) in [6.07, 6.45) is 2.06. The Morgan fingerprint density at radius 1 is 1.14 bits per heavy atom. The Morgan fingerprint density at radius 2 is 1.93 bits per heavy atom. The van der Waals surface area contributed by atoms with E-state index in [4.69, 9.17) is 15.9 Å². The Morgan fingerprint density at radius 3 is 2.66 bits per heavy atom. The Kier molecular flexibility index (Phi) is 4.95. The van der Waals surface area contributed by atoms with Gasteiger partial charge in [0.15, 0.2) is 11.6 Å². The van der Waals surface area contributed by atoms with E-state index in [0.717, 1.165) is 11.3 Å². The van der Waals surface area contributed by atoms with E-state index in [2.05, 4.69) is 9.98 Å². The van der Waals surface area contributed by atoms with Gasteiger partial charge >= 0.3 is 0 Å². The first-order chi connectivity index (χ1) is 14.0. The van der Waals surface area contributed by atoms with Gasteiger partial charge in [0.2, 0.25) is 5.96 Å². The number of aryl methyl sites for hydroxylation is 1. The Labute approximate surface area is 168 Å². The van der Waals surface area contributed by atoms with Crippen molar-refractivity contribution >= 4 is 17.5 Å². The number of hydrogen-bond acceptors (Lipinski definition) is 4. The molecule has 3 N–H and O–H groups in total. The van der Waals surface area contributed by atoms with Gasteiger partial charge < -0.3 is 15.4 Å². The van der Waals surface area contributed by atoms with Crippen molar-refractivity contribution < 1.29 is 9.13 Å². The smallest absolute Gasteiger partial charge is 0.224 e. The highest BCUT2D eigenvalue weighted by Crippen LogP contribution is 2.35. The normalized spacial score (nSPS) is 16.5. The third-order valence-corrected chi connectivity index (χ3v) is 4.67. The van der Waals surface area contributed by atoms with E-state index in [1.165, 1.54) is 6.07 Å². The third kappa shape index (κ3) is 3.94. The average Bonchev–Trinajstić information content (AvgIpc) is 2.70. The minimum Gasteiger partial charge on any atom is -0.454 e. The Bertz CT molecular complexity index is 1080. The van der Waals surface area contributed by atoms with Crippen LogP contribution in [0.3, 0.4) is 0 Å². The van der Waals surface area contributed by atoms with Crippen molar-refractivity contribution in [1.29, 1.82) is 5.41 Å². The fourth-order valence-corrected chi connectivity index (χ4v) is 3.35. The number of nitrogens with one attached hydrogen (secondary N) is 1. The Hall–Kier alpha value is -3.74. The van der Waals surface area contributed by atoms with Crippen LogP contribution >= 0.6 is 0 Å². The second-order valence-electron chi connectivity index (χ2n) is 6.78. The zero-order chi connectivity index (χ0) is 20.4. The molecular weight excluding hydrogens is 369 g/mol. The van der Waals surface area contributed by atoms with Gasteiger partial charge in [0.1, 0.15) is 11.6 Å². The number of nitrogens with two attached hydrogens (primary N) is 1. The summed E-state index contributed by atoms with van der Waals surface area (Å²) in [7, 11) is 0. The van der Waals surface area contributed by atoms with Crippen LogP contribution in [0.5, 0.6) is 11.5 Å². The number of aliphatic imine (C=N–C) groups is 1. The second kappa shape index (κ2) is 7.71. The summed E-state index contributed by atoms with van der Waals surface area (Å²) in [5.74, 6) is 0.435. The van der Waals surface area contributed by atoms with E-state index in [-0.39, 0.29) is 17.8 Å². The van der Waals surface area contributed by atoms with E-state index in [9.17, 15) is 4.39 Å². The van der Waals surface area contributed by atoms with Crippen molar-refractivity contribution in [2.75, 3.05) is 4.90 Å². The highest BCUT2D eigenvalue weighted by Gasteiger charge is 2.30. The lowest BCUT2D eigenvalue weighted by Crippen LogP contribution is -2.41. The summed E-state index contributed by atoms with van der Waals surface area (Å²) in [4.78, 5) is 9.87. The number of benzene rings is 2. The molecule has 1 aromatic heterocycles. The van der Waals surface area contributed by atoms with Gasteiger partial charge in [-0.25, -0.2) is 9.38 Å². The molecule has 7 heteroatoms. The quantitative estimate of drug-likeness (QED) is 0.684. The molecule has 0 radical (unpaired) electrons. The van der Waals surface area contributed by atoms with E-state index >= 15 is 0 Å². The highest BCUT2D eigenvalue weighted by atomic mass is 19.1. The summed E-state index contributed by atoms with van der Waals surface area (Å²) >= 11 is 0. The topological polar surface area (TPSA) is 87.6 Å². The van der Waals surface area contributed by atoms with E-state index in [1.54, 1.807) is 35.4 Å². The largest absolute Gasteiger partial charge is 0.454 e. The number of rotatable bonds is 4. The Balaban J connectivity index is 1.67. The molecule has 3 aromatic rings. The van der Waals surface area contributed by atoms with Gasteiger partial charge in [-0.3, -0.25) is 10.4 Å². The SMILES string of the molecule is Cc1cc(Oc2ccc(N3C(=N)N=C(N)CC3c3ccccc3)cc2F)ccn1. The average molecular weight is 389 g/mol. The van der Waals surface area contributed by atoms with Gasteiger partial charge in [-0.2, -0.15) is 0 Å². The first-order valence-corrected chi connectivity index (χ1v) is 9.17. The lowest BCUT2D eigenvalue weighted by Gasteiger charge is -2.35. The van der Waals surface area contributed by atoms with Crippen molar-refractivity contribution in [2.24, 2.45) is 10.7 Å². The van der Waals surface area contributed by atoms with Crippen molar-refractivity contribution in [2.45, 2.75) is 19.4 Å². The molecule has 4 rings (SSSR count). The van der Waals surface area contributed by atoms with Gasteiger partial charge in [0, 0.05) is 36.1 Å². The molecule has 1 unspecified atom stereocenters. The maximum absolute atomic E-state index is 14.8. The van der Waals surface area contributed by atoms with Crippen LogP contribution < -0.4 is 15.4 Å². The molecule has 6 nitrogen and oxygen atoms in total. The van der Waals surface area contributed by atoms with Crippen LogP contribution in [0.4, 0.5) is 10.1 Å². The molecule has 2 heterocycles. The highest BCUT2D eigenvalue weighted by molar-refractivity contribution is 6.06. The van der Waals surface area contributed by atoms with E-state index in [0.29, 0.717) is 23.7 Å². The summed E-state index contributed by atoms with van der Waals surface area (Å²) in [6.45, 7) is 1.84. The van der Waals surface area contributed by atoms with Crippen molar-refractivity contribution in [3.63, 3.8) is 0 Å². The summed E-state index contributed by atoms with van der Waals surface area (Å²) in [5.41, 5.74) is 8.19. The van der Waals surface area contributed by atoms with Crippen LogP contribution in [0.2, 0.25) is 0 Å². The van der Waals surface area contributed by atoms with Crippen LogP contribution in [-0.4, -0.2) is 16.8 Å². The molecule has 0 saturated carbocycles. The molecule has 0 spiro atoms. The standard InChI is InChI=1S/C22H20FN5O/c1-14-11-17(9-10-26-14)29-20-8-7-16(12-18(20)23)28-19(13-21(24)27-22(28)25)15-5-3-2-4-6-15/h2-12,19H,13H2,1H3,(H3,24,25,27). The minimum atomic E-state index is -0.529. The lowest BCUT2D eigenvalue weighted by atomic mass is 9.99. The molecule has 0 saturated heterocycles. The van der Waals surface area contributed by atoms with Crippen LogP contribution in [0, 0.1) is 18.2 Å². The maximum atomic E-state index is 14.8. The molecule has 29 heavy (non-hydrogen) atoms. The van der Waals surface area contributed by atoms with Crippen LogP contribution in [0.1, 0.15) is 23.7 Å². The fourth-order valence-electron chi connectivity index (χ4n) is 3.35. The molecular formula is C22H20FN5O. The van der Waals surface area contributed by atoms with E-state index < -0.39 is 5.82 Å². The van der Waals surface area contributed by atoms with Crippen molar-refractivity contribution in [1.82, 2.24) is 4.98 Å². The molecule has 1 aliphatic rings. The van der Waals surface area contributed by atoms with E-state index in [1.807, 2.05) is 37.3 Å². The number of ether oxygens (including phenoxy) is 1. The molecule has 1 atom stereocenters. The number of guanidine groups is 1. The number of hydrogen-bond donors (Lipinski definition) is 2. The summed E-state index contributed by atoms with van der Waals surface area (Å²) < 4.78 is 20.5. The number of pyridine rings is 1. The number of nitrogens with zero attached hydrogens (tertiary/aromatic N) is 3. The molecule has 2 aromatic carbocycles. The molecule has 146 valence electrons. The lowest BCUT2D eigenvalue weighted by molar-refractivity contribution is 0.441. The summed E-state index contributed by atoms with van der Waals surface area (Å²) in [6, 6.07) is 17.5. The zero-order valence-electron chi connectivity index (χ0n) is 15.8. The van der Waals surface area contributed by atoms with Gasteiger partial charge in [-0.05, 0) is 30.7 Å². The first-order valence-electron chi connectivity index (χ1n) is 9.17.